The van der Waals surface area contributed by atoms with Crippen LogP contribution in [0.2, 0.25) is 0 Å². The van der Waals surface area contributed by atoms with Gasteiger partial charge in [-0.15, -0.1) is 24.0 Å². The summed E-state index contributed by atoms with van der Waals surface area (Å²) < 4.78 is 10.8. The molecule has 7 heteroatoms. The zero-order chi connectivity index (χ0) is 17.9. The van der Waals surface area contributed by atoms with Crippen molar-refractivity contribution in [3.63, 3.8) is 0 Å². The molecular weight excluding hydrogens is 443 g/mol. The van der Waals surface area contributed by atoms with Gasteiger partial charge in [0, 0.05) is 20.1 Å². The smallest absolute Gasteiger partial charge is 0.231 e. The van der Waals surface area contributed by atoms with Gasteiger partial charge in [-0.2, -0.15) is 0 Å². The van der Waals surface area contributed by atoms with Crippen molar-refractivity contribution in [1.29, 1.82) is 0 Å². The highest BCUT2D eigenvalue weighted by Crippen LogP contribution is 2.32. The van der Waals surface area contributed by atoms with Gasteiger partial charge in [0.05, 0.1) is 0 Å². The lowest BCUT2D eigenvalue weighted by atomic mass is 10.2. The fraction of sp³-hybridized carbons (Fsp3) is 0.632. The van der Waals surface area contributed by atoms with E-state index in [0.717, 1.165) is 42.5 Å². The first-order valence-electron chi connectivity index (χ1n) is 9.32. The molecule has 0 spiro atoms. The Morgan fingerprint density at radius 1 is 1.08 bits per heavy atom. The summed E-state index contributed by atoms with van der Waals surface area (Å²) in [5.41, 5.74) is 1.14. The van der Waals surface area contributed by atoms with E-state index in [4.69, 9.17) is 9.47 Å². The number of hydrogen-bond donors (Lipinski definition) is 2. The van der Waals surface area contributed by atoms with Gasteiger partial charge in [-0.1, -0.05) is 19.9 Å². The molecule has 0 saturated heterocycles. The number of rotatable bonds is 10. The molecule has 2 N–H and O–H groups in total. The first kappa shape index (κ1) is 22.8. The molecule has 0 unspecified atom stereocenters. The van der Waals surface area contributed by atoms with E-state index in [0.29, 0.717) is 13.3 Å². The van der Waals surface area contributed by atoms with Crippen LogP contribution in [0.5, 0.6) is 11.5 Å². The van der Waals surface area contributed by atoms with Crippen LogP contribution in [0.25, 0.3) is 0 Å². The summed E-state index contributed by atoms with van der Waals surface area (Å²) >= 11 is 0. The van der Waals surface area contributed by atoms with Crippen molar-refractivity contribution in [1.82, 2.24) is 15.5 Å². The number of nitrogens with zero attached hydrogens (tertiary/aromatic N) is 2. The maximum Gasteiger partial charge on any atom is 0.231 e. The van der Waals surface area contributed by atoms with Gasteiger partial charge >= 0.3 is 0 Å². The van der Waals surface area contributed by atoms with Gasteiger partial charge < -0.3 is 25.0 Å². The molecule has 1 aliphatic rings. The Balaban J connectivity index is 0.00000338. The van der Waals surface area contributed by atoms with E-state index in [1.165, 1.54) is 25.9 Å². The highest BCUT2D eigenvalue weighted by atomic mass is 127. The molecule has 0 aliphatic carbocycles. The van der Waals surface area contributed by atoms with Crippen LogP contribution < -0.4 is 20.1 Å². The number of benzene rings is 1. The third-order valence-electron chi connectivity index (χ3n) is 4.14. The monoisotopic (exact) mass is 476 g/mol. The molecule has 0 fully saturated rings. The summed E-state index contributed by atoms with van der Waals surface area (Å²) in [5.74, 6) is 2.46. The number of ether oxygens (including phenoxy) is 2. The molecule has 0 aromatic heterocycles. The van der Waals surface area contributed by atoms with Crippen molar-refractivity contribution < 1.29 is 9.47 Å². The summed E-state index contributed by atoms with van der Waals surface area (Å²) in [6.45, 7) is 9.91. The van der Waals surface area contributed by atoms with Crippen LogP contribution in [-0.4, -0.2) is 50.9 Å². The van der Waals surface area contributed by atoms with E-state index in [2.05, 4.69) is 34.4 Å². The predicted octanol–water partition coefficient (Wildman–Crippen LogP) is 3.21. The van der Waals surface area contributed by atoms with Crippen molar-refractivity contribution >= 4 is 29.9 Å². The van der Waals surface area contributed by atoms with Gasteiger partial charge in [0.1, 0.15) is 0 Å². The lowest BCUT2D eigenvalue weighted by Gasteiger charge is -2.21. The molecule has 0 radical (unpaired) electrons. The van der Waals surface area contributed by atoms with Crippen molar-refractivity contribution in [3.05, 3.63) is 23.8 Å². The number of aliphatic imine (C=N–C) groups is 1. The molecule has 0 atom stereocenters. The molecule has 26 heavy (non-hydrogen) atoms. The molecule has 0 bridgehead atoms. The summed E-state index contributed by atoms with van der Waals surface area (Å²) in [6, 6.07) is 6.00. The maximum absolute atomic E-state index is 5.41. The summed E-state index contributed by atoms with van der Waals surface area (Å²) in [5, 5.41) is 6.73. The highest BCUT2D eigenvalue weighted by molar-refractivity contribution is 14.0. The van der Waals surface area contributed by atoms with Gasteiger partial charge in [-0.25, -0.2) is 0 Å². The average Bonchev–Trinajstić information content (AvgIpc) is 3.09. The Labute approximate surface area is 174 Å². The standard InChI is InChI=1S/C19H32N4O2.HI/c1-4-10-23(11-5-2)12-6-9-21-19(20-3)22-14-16-7-8-17-18(13-16)25-15-24-17;/h7-8,13H,4-6,9-12,14-15H2,1-3H3,(H2,20,21,22);1H. The minimum absolute atomic E-state index is 0. The fourth-order valence-electron chi connectivity index (χ4n) is 2.93. The van der Waals surface area contributed by atoms with Crippen molar-refractivity contribution in [2.45, 2.75) is 39.7 Å². The first-order valence-corrected chi connectivity index (χ1v) is 9.32. The average molecular weight is 476 g/mol. The second-order valence-corrected chi connectivity index (χ2v) is 6.24. The molecular formula is C19H33IN4O2. The van der Waals surface area contributed by atoms with Crippen LogP contribution in [0.4, 0.5) is 0 Å². The summed E-state index contributed by atoms with van der Waals surface area (Å²) in [7, 11) is 1.80. The van der Waals surface area contributed by atoms with Crippen molar-refractivity contribution in [2.75, 3.05) is 40.0 Å². The Hall–Kier alpha value is -1.22. The van der Waals surface area contributed by atoms with Crippen LogP contribution in [0.3, 0.4) is 0 Å². The third kappa shape index (κ3) is 7.57. The van der Waals surface area contributed by atoms with E-state index in [-0.39, 0.29) is 24.0 Å². The number of hydrogen-bond acceptors (Lipinski definition) is 4. The van der Waals surface area contributed by atoms with E-state index in [9.17, 15) is 0 Å². The molecule has 2 rings (SSSR count). The lowest BCUT2D eigenvalue weighted by Crippen LogP contribution is -2.38. The van der Waals surface area contributed by atoms with Gasteiger partial charge in [0.2, 0.25) is 6.79 Å². The maximum atomic E-state index is 5.41. The first-order chi connectivity index (χ1) is 12.3. The fourth-order valence-corrected chi connectivity index (χ4v) is 2.93. The van der Waals surface area contributed by atoms with Gasteiger partial charge in [-0.3, -0.25) is 4.99 Å². The Morgan fingerprint density at radius 3 is 2.50 bits per heavy atom. The van der Waals surface area contributed by atoms with Crippen molar-refractivity contribution in [2.24, 2.45) is 4.99 Å². The van der Waals surface area contributed by atoms with Crippen LogP contribution in [0, 0.1) is 0 Å². The van der Waals surface area contributed by atoms with E-state index in [1.54, 1.807) is 7.05 Å². The zero-order valence-corrected chi connectivity index (χ0v) is 18.5. The predicted molar refractivity (Wildman–Crippen MR) is 118 cm³/mol. The quantitative estimate of drug-likeness (QED) is 0.235. The molecule has 1 heterocycles. The second kappa shape index (κ2) is 13.0. The normalized spacial score (nSPS) is 12.8. The minimum atomic E-state index is 0. The summed E-state index contributed by atoms with van der Waals surface area (Å²) in [4.78, 5) is 6.82. The van der Waals surface area contributed by atoms with Crippen LogP contribution in [-0.2, 0) is 6.54 Å². The van der Waals surface area contributed by atoms with Gasteiger partial charge in [0.25, 0.3) is 0 Å². The molecule has 0 amide bonds. The largest absolute Gasteiger partial charge is 0.454 e. The van der Waals surface area contributed by atoms with E-state index < -0.39 is 0 Å². The highest BCUT2D eigenvalue weighted by Gasteiger charge is 2.13. The number of fused-ring (bicyclic) bond motifs is 1. The van der Waals surface area contributed by atoms with Crippen LogP contribution in [0.1, 0.15) is 38.7 Å². The zero-order valence-electron chi connectivity index (χ0n) is 16.2. The molecule has 0 saturated carbocycles. The molecule has 1 aliphatic heterocycles. The second-order valence-electron chi connectivity index (χ2n) is 6.24. The van der Waals surface area contributed by atoms with Gasteiger partial charge in [-0.05, 0) is 56.6 Å². The molecule has 148 valence electrons. The molecule has 1 aromatic rings. The third-order valence-corrected chi connectivity index (χ3v) is 4.14. The Kier molecular flexibility index (Phi) is 11.4. The Morgan fingerprint density at radius 2 is 1.81 bits per heavy atom. The molecule has 6 nitrogen and oxygen atoms in total. The Bertz CT molecular complexity index is 548. The van der Waals surface area contributed by atoms with E-state index >= 15 is 0 Å². The molecule has 1 aromatic carbocycles. The van der Waals surface area contributed by atoms with Gasteiger partial charge in [0.15, 0.2) is 17.5 Å². The van der Waals surface area contributed by atoms with Crippen LogP contribution in [0.15, 0.2) is 23.2 Å². The van der Waals surface area contributed by atoms with Crippen molar-refractivity contribution in [3.8, 4) is 11.5 Å². The lowest BCUT2D eigenvalue weighted by molar-refractivity contribution is 0.174. The van der Waals surface area contributed by atoms with Crippen LogP contribution >= 0.6 is 24.0 Å². The number of nitrogens with one attached hydrogen (secondary N) is 2. The number of halogens is 1. The minimum Gasteiger partial charge on any atom is -0.454 e. The van der Waals surface area contributed by atoms with E-state index in [1.807, 2.05) is 18.2 Å². The number of guanidine groups is 1. The summed E-state index contributed by atoms with van der Waals surface area (Å²) in [6.07, 6.45) is 3.54. The topological polar surface area (TPSA) is 58.1 Å². The SMILES string of the molecule is CCCN(CCC)CCCNC(=NC)NCc1ccc2c(c1)OCO2.I.